The predicted molar refractivity (Wildman–Crippen MR) is 116 cm³/mol. The highest BCUT2D eigenvalue weighted by atomic mass is 16.2. The third-order valence-corrected chi connectivity index (χ3v) is 4.45. The molecule has 0 aliphatic carbocycles. The van der Waals surface area contributed by atoms with Gasteiger partial charge >= 0.3 is 0 Å². The second-order valence-electron chi connectivity index (χ2n) is 7.73. The molecule has 6 heteroatoms. The van der Waals surface area contributed by atoms with E-state index < -0.39 is 0 Å². The monoisotopic (exact) mass is 388 g/mol. The first-order chi connectivity index (χ1) is 13.7. The molecule has 0 unspecified atom stereocenters. The van der Waals surface area contributed by atoms with E-state index in [2.05, 4.69) is 36.4 Å². The largest absolute Gasteiger partial charge is 0.384 e. The molecule has 3 aromatic rings. The van der Waals surface area contributed by atoms with Crippen molar-refractivity contribution in [2.24, 2.45) is 0 Å². The van der Waals surface area contributed by atoms with Crippen molar-refractivity contribution >= 4 is 29.1 Å². The predicted octanol–water partition coefficient (Wildman–Crippen LogP) is 4.47. The number of para-hydroxylation sites is 1. The molecular formula is C23H24N4O2. The molecule has 0 bridgehead atoms. The average Bonchev–Trinajstić information content (AvgIpc) is 2.68. The zero-order valence-electron chi connectivity index (χ0n) is 16.7. The van der Waals surface area contributed by atoms with Crippen molar-refractivity contribution < 1.29 is 9.59 Å². The highest BCUT2D eigenvalue weighted by molar-refractivity contribution is 6.12. The maximum absolute atomic E-state index is 12.7. The number of rotatable bonds is 4. The van der Waals surface area contributed by atoms with Crippen LogP contribution >= 0.6 is 0 Å². The molecule has 29 heavy (non-hydrogen) atoms. The molecule has 0 fully saturated rings. The smallest absolute Gasteiger partial charge is 0.258 e. The van der Waals surface area contributed by atoms with Gasteiger partial charge in [0.25, 0.3) is 11.8 Å². The summed E-state index contributed by atoms with van der Waals surface area (Å²) in [5.41, 5.74) is 8.07. The van der Waals surface area contributed by atoms with Crippen molar-refractivity contribution in [3.8, 4) is 0 Å². The van der Waals surface area contributed by atoms with Crippen molar-refractivity contribution in [3.63, 3.8) is 0 Å². The van der Waals surface area contributed by atoms with Gasteiger partial charge in [-0.3, -0.25) is 9.59 Å². The summed E-state index contributed by atoms with van der Waals surface area (Å²) in [7, 11) is 0. The van der Waals surface area contributed by atoms with E-state index in [0.29, 0.717) is 28.5 Å². The number of nitrogens with one attached hydrogen (secondary N) is 2. The molecule has 0 aliphatic rings. The minimum Gasteiger partial charge on any atom is -0.384 e. The van der Waals surface area contributed by atoms with Gasteiger partial charge in [-0.15, -0.1) is 0 Å². The van der Waals surface area contributed by atoms with Gasteiger partial charge in [0.15, 0.2) is 0 Å². The van der Waals surface area contributed by atoms with Crippen molar-refractivity contribution in [1.82, 2.24) is 4.98 Å². The SMILES string of the molecule is CC(C)(C)c1ccc(C(=O)Nc2ccccc2C(=O)Nc2cccc(N)n2)cc1. The molecule has 0 saturated heterocycles. The fourth-order valence-corrected chi connectivity index (χ4v) is 2.81. The molecule has 0 atom stereocenters. The van der Waals surface area contributed by atoms with Crippen LogP contribution in [0.4, 0.5) is 17.3 Å². The summed E-state index contributed by atoms with van der Waals surface area (Å²) in [6.07, 6.45) is 0. The first-order valence-electron chi connectivity index (χ1n) is 9.29. The van der Waals surface area contributed by atoms with Crippen molar-refractivity contribution in [2.75, 3.05) is 16.4 Å². The number of benzene rings is 2. The van der Waals surface area contributed by atoms with Crippen LogP contribution in [0.1, 0.15) is 47.1 Å². The quantitative estimate of drug-likeness (QED) is 0.614. The van der Waals surface area contributed by atoms with Crippen molar-refractivity contribution in [1.29, 1.82) is 0 Å². The lowest BCUT2D eigenvalue weighted by Gasteiger charge is -2.19. The minimum absolute atomic E-state index is 0.00849. The fraction of sp³-hybridized carbons (Fsp3) is 0.174. The second-order valence-corrected chi connectivity index (χ2v) is 7.73. The molecule has 0 aliphatic heterocycles. The Hall–Kier alpha value is -3.67. The van der Waals surface area contributed by atoms with Crippen LogP contribution in [0, 0.1) is 0 Å². The topological polar surface area (TPSA) is 97.1 Å². The van der Waals surface area contributed by atoms with Crippen LogP contribution in [0.15, 0.2) is 66.7 Å². The Bertz CT molecular complexity index is 1040. The molecule has 148 valence electrons. The van der Waals surface area contributed by atoms with Crippen LogP contribution in [0.5, 0.6) is 0 Å². The van der Waals surface area contributed by atoms with Crippen LogP contribution in [0.25, 0.3) is 0 Å². The zero-order valence-corrected chi connectivity index (χ0v) is 16.7. The summed E-state index contributed by atoms with van der Waals surface area (Å²) in [5.74, 6) is -0.0214. The van der Waals surface area contributed by atoms with E-state index in [-0.39, 0.29) is 17.2 Å². The second kappa shape index (κ2) is 8.14. The van der Waals surface area contributed by atoms with Gasteiger partial charge in [0.05, 0.1) is 11.3 Å². The van der Waals surface area contributed by atoms with E-state index in [4.69, 9.17) is 5.73 Å². The molecule has 1 aromatic heterocycles. The Morgan fingerprint density at radius 2 is 1.52 bits per heavy atom. The molecule has 0 spiro atoms. The highest BCUT2D eigenvalue weighted by Gasteiger charge is 2.17. The normalized spacial score (nSPS) is 11.0. The van der Waals surface area contributed by atoms with Gasteiger partial charge in [0, 0.05) is 5.56 Å². The Labute approximate surface area is 170 Å². The van der Waals surface area contributed by atoms with E-state index in [0.717, 1.165) is 5.56 Å². The lowest BCUT2D eigenvalue weighted by Crippen LogP contribution is -2.19. The third kappa shape index (κ3) is 4.99. The summed E-state index contributed by atoms with van der Waals surface area (Å²) >= 11 is 0. The van der Waals surface area contributed by atoms with Gasteiger partial charge in [0.2, 0.25) is 0 Å². The van der Waals surface area contributed by atoms with Crippen LogP contribution in [-0.4, -0.2) is 16.8 Å². The number of carbonyl (C=O) groups is 2. The number of amides is 2. The molecular weight excluding hydrogens is 364 g/mol. The summed E-state index contributed by atoms with van der Waals surface area (Å²) in [6.45, 7) is 6.35. The van der Waals surface area contributed by atoms with E-state index in [9.17, 15) is 9.59 Å². The zero-order chi connectivity index (χ0) is 21.0. The van der Waals surface area contributed by atoms with Gasteiger partial charge in [-0.2, -0.15) is 0 Å². The third-order valence-electron chi connectivity index (χ3n) is 4.45. The van der Waals surface area contributed by atoms with Crippen LogP contribution in [0.2, 0.25) is 0 Å². The van der Waals surface area contributed by atoms with Gasteiger partial charge in [-0.05, 0) is 47.4 Å². The standard InChI is InChI=1S/C23H24N4O2/c1-23(2,3)16-13-11-15(12-14-16)21(28)25-18-8-5-4-7-17(18)22(29)27-20-10-6-9-19(24)26-20/h4-14H,1-3H3,(H,25,28)(H3,24,26,27,29). The Morgan fingerprint density at radius 1 is 0.828 bits per heavy atom. The highest BCUT2D eigenvalue weighted by Crippen LogP contribution is 2.23. The molecule has 2 aromatic carbocycles. The van der Waals surface area contributed by atoms with E-state index >= 15 is 0 Å². The average molecular weight is 388 g/mol. The number of nitrogens with zero attached hydrogens (tertiary/aromatic N) is 1. The fourth-order valence-electron chi connectivity index (χ4n) is 2.81. The van der Waals surface area contributed by atoms with Gasteiger partial charge in [-0.25, -0.2) is 4.98 Å². The van der Waals surface area contributed by atoms with Crippen molar-refractivity contribution in [2.45, 2.75) is 26.2 Å². The molecule has 2 amide bonds. The molecule has 1 heterocycles. The number of nitrogens with two attached hydrogens (primary N) is 1. The maximum atomic E-state index is 12.7. The summed E-state index contributed by atoms with van der Waals surface area (Å²) < 4.78 is 0. The Balaban J connectivity index is 1.78. The molecule has 0 radical (unpaired) electrons. The lowest BCUT2D eigenvalue weighted by molar-refractivity contribution is 0.102. The minimum atomic E-state index is -0.387. The first-order valence-corrected chi connectivity index (χ1v) is 9.29. The van der Waals surface area contributed by atoms with Crippen LogP contribution in [0.3, 0.4) is 0 Å². The summed E-state index contributed by atoms with van der Waals surface area (Å²) in [5, 5.41) is 5.51. The summed E-state index contributed by atoms with van der Waals surface area (Å²) in [6, 6.07) is 19.3. The number of anilines is 3. The van der Waals surface area contributed by atoms with E-state index in [1.807, 2.05) is 12.1 Å². The van der Waals surface area contributed by atoms with Gasteiger partial charge in [0.1, 0.15) is 11.6 Å². The number of carbonyl (C=O) groups excluding carboxylic acids is 2. The van der Waals surface area contributed by atoms with E-state index in [1.165, 1.54) is 0 Å². The Morgan fingerprint density at radius 3 is 2.17 bits per heavy atom. The molecule has 0 saturated carbocycles. The van der Waals surface area contributed by atoms with Crippen LogP contribution < -0.4 is 16.4 Å². The number of nitrogen functional groups attached to an aromatic ring is 1. The number of aromatic nitrogens is 1. The van der Waals surface area contributed by atoms with Crippen LogP contribution in [-0.2, 0) is 5.41 Å². The first kappa shape index (κ1) is 20.1. The van der Waals surface area contributed by atoms with E-state index in [1.54, 1.807) is 54.6 Å². The molecule has 6 nitrogen and oxygen atoms in total. The van der Waals surface area contributed by atoms with Gasteiger partial charge < -0.3 is 16.4 Å². The number of hydrogen-bond donors (Lipinski definition) is 3. The molecule has 4 N–H and O–H groups in total. The maximum Gasteiger partial charge on any atom is 0.258 e. The number of hydrogen-bond acceptors (Lipinski definition) is 4. The van der Waals surface area contributed by atoms with Crippen molar-refractivity contribution in [3.05, 3.63) is 83.4 Å². The lowest BCUT2D eigenvalue weighted by atomic mass is 9.86. The molecule has 3 rings (SSSR count). The summed E-state index contributed by atoms with van der Waals surface area (Å²) in [4.78, 5) is 29.4. The van der Waals surface area contributed by atoms with Gasteiger partial charge in [-0.1, -0.05) is 51.1 Å². The Kier molecular flexibility index (Phi) is 5.64. The number of pyridine rings is 1.